The van der Waals surface area contributed by atoms with Crippen LogP contribution in [0, 0.1) is 0 Å². The number of furan rings is 1. The maximum Gasteiger partial charge on any atom is 0.290 e. The second kappa shape index (κ2) is 7.93. The highest BCUT2D eigenvalue weighted by atomic mass is 16.7. The number of benzene rings is 1. The van der Waals surface area contributed by atoms with Crippen LogP contribution in [-0.4, -0.2) is 67.3 Å². The number of rotatable bonds is 5. The lowest BCUT2D eigenvalue weighted by Crippen LogP contribution is -2.52. The zero-order valence-electron chi connectivity index (χ0n) is 16.3. The Morgan fingerprint density at radius 2 is 1.79 bits per heavy atom. The molecule has 7 heteroatoms. The Bertz CT molecular complexity index is 826. The van der Waals surface area contributed by atoms with E-state index >= 15 is 0 Å². The predicted molar refractivity (Wildman–Crippen MR) is 103 cm³/mol. The first kappa shape index (κ1) is 19.0. The van der Waals surface area contributed by atoms with E-state index in [0.717, 1.165) is 24.6 Å². The summed E-state index contributed by atoms with van der Waals surface area (Å²) in [5.74, 6) is 0.0342. The van der Waals surface area contributed by atoms with Gasteiger partial charge in [-0.2, -0.15) is 0 Å². The van der Waals surface area contributed by atoms with Crippen molar-refractivity contribution in [3.63, 3.8) is 0 Å². The predicted octanol–water partition coefficient (Wildman–Crippen LogP) is 2.65. The van der Waals surface area contributed by atoms with Crippen LogP contribution in [0.4, 0.5) is 0 Å². The Kier molecular flexibility index (Phi) is 5.37. The molecule has 2 aliphatic rings. The molecule has 1 aromatic carbocycles. The molecule has 0 N–H and O–H groups in total. The molecule has 2 aromatic rings. The number of nitrogens with zero attached hydrogens (tertiary/aromatic N) is 2. The van der Waals surface area contributed by atoms with Crippen LogP contribution >= 0.6 is 0 Å². The highest BCUT2D eigenvalue weighted by Gasteiger charge is 2.43. The first-order valence-corrected chi connectivity index (χ1v) is 9.79. The van der Waals surface area contributed by atoms with Gasteiger partial charge < -0.3 is 23.7 Å². The van der Waals surface area contributed by atoms with Crippen LogP contribution < -0.4 is 0 Å². The fourth-order valence-electron chi connectivity index (χ4n) is 4.45. The number of hydrogen-bond acceptors (Lipinski definition) is 5. The molecule has 1 aromatic heterocycles. The summed E-state index contributed by atoms with van der Waals surface area (Å²) in [4.78, 5) is 29.9. The average molecular weight is 386 g/mol. The minimum Gasteiger partial charge on any atom is -0.451 e. The van der Waals surface area contributed by atoms with Crippen molar-refractivity contribution >= 4 is 22.8 Å². The molecule has 0 aliphatic carbocycles. The number of ether oxygens (including phenoxy) is 2. The van der Waals surface area contributed by atoms with E-state index in [2.05, 4.69) is 0 Å². The van der Waals surface area contributed by atoms with Gasteiger partial charge in [-0.1, -0.05) is 18.2 Å². The van der Waals surface area contributed by atoms with Crippen molar-refractivity contribution in [1.82, 2.24) is 9.80 Å². The number of fused-ring (bicyclic) bond motifs is 1. The van der Waals surface area contributed by atoms with E-state index < -0.39 is 12.3 Å². The van der Waals surface area contributed by atoms with Gasteiger partial charge in [0.2, 0.25) is 5.91 Å². The molecule has 2 amide bonds. The van der Waals surface area contributed by atoms with Gasteiger partial charge in [0, 0.05) is 32.7 Å². The quantitative estimate of drug-likeness (QED) is 0.739. The molecule has 150 valence electrons. The average Bonchev–Trinajstić information content (AvgIpc) is 3.46. The van der Waals surface area contributed by atoms with Crippen LogP contribution in [0.2, 0.25) is 0 Å². The zero-order valence-corrected chi connectivity index (χ0v) is 16.3. The molecule has 0 bridgehead atoms. The third kappa shape index (κ3) is 3.29. The summed E-state index contributed by atoms with van der Waals surface area (Å²) >= 11 is 0. The molecule has 2 fully saturated rings. The van der Waals surface area contributed by atoms with Crippen LogP contribution in [-0.2, 0) is 14.3 Å². The molecular weight excluding hydrogens is 360 g/mol. The third-order valence-electron chi connectivity index (χ3n) is 5.80. The second-order valence-electron chi connectivity index (χ2n) is 7.39. The molecule has 2 saturated heterocycles. The molecular formula is C21H26N2O5. The normalized spacial score (nSPS) is 22.5. The number of carbonyl (C=O) groups excluding carboxylic acids is 2. The fourth-order valence-corrected chi connectivity index (χ4v) is 4.45. The van der Waals surface area contributed by atoms with Gasteiger partial charge in [-0.05, 0) is 37.8 Å². The van der Waals surface area contributed by atoms with Crippen LogP contribution in [0.15, 0.2) is 34.7 Å². The summed E-state index contributed by atoms with van der Waals surface area (Å²) in [6, 6.07) is 8.70. The van der Waals surface area contributed by atoms with Crippen molar-refractivity contribution in [2.75, 3.05) is 27.3 Å². The Morgan fingerprint density at radius 3 is 2.54 bits per heavy atom. The van der Waals surface area contributed by atoms with Gasteiger partial charge >= 0.3 is 0 Å². The summed E-state index contributed by atoms with van der Waals surface area (Å²) in [5, 5.41) is 0.885. The molecule has 0 spiro atoms. The fraction of sp³-hybridized carbons (Fsp3) is 0.524. The van der Waals surface area contributed by atoms with E-state index in [-0.39, 0.29) is 23.6 Å². The van der Waals surface area contributed by atoms with Crippen LogP contribution in [0.5, 0.6) is 0 Å². The molecule has 4 rings (SSSR count). The minimum atomic E-state index is -0.462. The summed E-state index contributed by atoms with van der Waals surface area (Å²) < 4.78 is 16.5. The summed E-state index contributed by atoms with van der Waals surface area (Å²) in [7, 11) is 3.17. The van der Waals surface area contributed by atoms with E-state index in [1.54, 1.807) is 25.2 Å². The van der Waals surface area contributed by atoms with Crippen LogP contribution in [0.3, 0.4) is 0 Å². The van der Waals surface area contributed by atoms with Gasteiger partial charge in [0.05, 0.1) is 6.04 Å². The third-order valence-corrected chi connectivity index (χ3v) is 5.80. The van der Waals surface area contributed by atoms with Gasteiger partial charge in [0.15, 0.2) is 12.1 Å². The van der Waals surface area contributed by atoms with Crippen molar-refractivity contribution in [3.05, 3.63) is 36.1 Å². The Labute approximate surface area is 164 Å². The van der Waals surface area contributed by atoms with Gasteiger partial charge in [0.25, 0.3) is 5.91 Å². The first-order chi connectivity index (χ1) is 13.6. The van der Waals surface area contributed by atoms with Crippen molar-refractivity contribution in [1.29, 1.82) is 0 Å². The Morgan fingerprint density at radius 1 is 1.07 bits per heavy atom. The molecule has 0 saturated carbocycles. The van der Waals surface area contributed by atoms with Crippen LogP contribution in [0.25, 0.3) is 11.0 Å². The van der Waals surface area contributed by atoms with E-state index in [4.69, 9.17) is 13.9 Å². The number of likely N-dealkylation sites (tertiary alicyclic amines) is 2. The molecule has 1 unspecified atom stereocenters. The van der Waals surface area contributed by atoms with Crippen molar-refractivity contribution in [2.45, 2.75) is 44.1 Å². The maximum absolute atomic E-state index is 13.3. The summed E-state index contributed by atoms with van der Waals surface area (Å²) in [5.41, 5.74) is 0.676. The maximum atomic E-state index is 13.3. The lowest BCUT2D eigenvalue weighted by molar-refractivity contribution is -0.159. The minimum absolute atomic E-state index is 0.0245. The van der Waals surface area contributed by atoms with Gasteiger partial charge in [0.1, 0.15) is 11.6 Å². The highest BCUT2D eigenvalue weighted by molar-refractivity contribution is 5.99. The Balaban J connectivity index is 1.54. The smallest absolute Gasteiger partial charge is 0.290 e. The molecule has 28 heavy (non-hydrogen) atoms. The molecule has 2 atom stereocenters. The number of hydrogen-bond donors (Lipinski definition) is 0. The molecule has 2 aliphatic heterocycles. The Hall–Kier alpha value is -2.38. The van der Waals surface area contributed by atoms with E-state index in [9.17, 15) is 9.59 Å². The van der Waals surface area contributed by atoms with E-state index in [1.165, 1.54) is 0 Å². The summed E-state index contributed by atoms with van der Waals surface area (Å²) in [6.07, 6.45) is 2.76. The van der Waals surface area contributed by atoms with Crippen molar-refractivity contribution in [2.24, 2.45) is 0 Å². The molecule has 0 radical (unpaired) electrons. The largest absolute Gasteiger partial charge is 0.451 e. The molecule has 7 nitrogen and oxygen atoms in total. The van der Waals surface area contributed by atoms with E-state index in [0.29, 0.717) is 25.1 Å². The monoisotopic (exact) mass is 386 g/mol. The van der Waals surface area contributed by atoms with Crippen molar-refractivity contribution in [3.8, 4) is 0 Å². The number of amides is 2. The standard InChI is InChI=1S/C21H26N2O5/c1-26-21(27-2)16-9-6-12-23(16)19(24)15-8-5-11-22(15)20(25)18-13-14-7-3-4-10-17(14)28-18/h3-4,7,10,13,15-16,21H,5-6,8-9,11-12H2,1-2H3/t15-,16?/m0/s1. The second-order valence-corrected chi connectivity index (χ2v) is 7.39. The number of methoxy groups -OCH3 is 2. The molecule has 3 heterocycles. The lowest BCUT2D eigenvalue weighted by Gasteiger charge is -2.33. The van der Waals surface area contributed by atoms with Crippen molar-refractivity contribution < 1.29 is 23.5 Å². The number of carbonyl (C=O) groups is 2. The highest BCUT2D eigenvalue weighted by Crippen LogP contribution is 2.29. The van der Waals surface area contributed by atoms with Crippen LogP contribution in [0.1, 0.15) is 36.2 Å². The summed E-state index contributed by atoms with van der Waals surface area (Å²) in [6.45, 7) is 1.22. The lowest BCUT2D eigenvalue weighted by atomic mass is 10.1. The topological polar surface area (TPSA) is 72.2 Å². The zero-order chi connectivity index (χ0) is 19.7. The van der Waals surface area contributed by atoms with Gasteiger partial charge in [-0.3, -0.25) is 9.59 Å². The van der Waals surface area contributed by atoms with Gasteiger partial charge in [-0.15, -0.1) is 0 Å². The van der Waals surface area contributed by atoms with E-state index in [1.807, 2.05) is 29.2 Å². The SMILES string of the molecule is COC(OC)C1CCCN1C(=O)[C@@H]1CCCN1C(=O)c1cc2ccccc2o1. The van der Waals surface area contributed by atoms with Gasteiger partial charge in [-0.25, -0.2) is 0 Å². The first-order valence-electron chi connectivity index (χ1n) is 9.79. The number of para-hydroxylation sites is 1.